The molecule has 40 heavy (non-hydrogen) atoms. The van der Waals surface area contributed by atoms with Crippen LogP contribution in [0.25, 0.3) is 10.9 Å². The highest BCUT2D eigenvalue weighted by Crippen LogP contribution is 2.29. The summed E-state index contributed by atoms with van der Waals surface area (Å²) in [5.74, 6) is 1.80. The number of ether oxygens (including phenoxy) is 3. The molecule has 0 radical (unpaired) electrons. The van der Waals surface area contributed by atoms with E-state index in [1.807, 2.05) is 60.7 Å². The number of nitrogens with zero attached hydrogens (tertiary/aromatic N) is 1. The highest BCUT2D eigenvalue weighted by atomic mass is 16.5. The molecule has 0 unspecified atom stereocenters. The van der Waals surface area contributed by atoms with Crippen molar-refractivity contribution in [2.45, 2.75) is 18.6 Å². The van der Waals surface area contributed by atoms with E-state index < -0.39 is 6.10 Å². The summed E-state index contributed by atoms with van der Waals surface area (Å²) >= 11 is 0. The first kappa shape index (κ1) is 29.0. The van der Waals surface area contributed by atoms with Gasteiger partial charge in [-0.05, 0) is 60.5 Å². The Kier molecular flexibility index (Phi) is 10.8. The van der Waals surface area contributed by atoms with Crippen molar-refractivity contribution in [3.8, 4) is 17.2 Å². The molecule has 2 atom stereocenters. The van der Waals surface area contributed by atoms with E-state index >= 15 is 0 Å². The first-order valence-electron chi connectivity index (χ1n) is 13.2. The molecule has 1 heterocycles. The molecule has 0 aliphatic rings. The maximum atomic E-state index is 12.4. The highest BCUT2D eigenvalue weighted by Gasteiger charge is 2.13. The number of pyridine rings is 1. The summed E-state index contributed by atoms with van der Waals surface area (Å²) in [6.07, 6.45) is 1.52. The van der Waals surface area contributed by atoms with Crippen molar-refractivity contribution in [2.75, 3.05) is 40.0 Å². The molecule has 1 amide bonds. The Morgan fingerprint density at radius 3 is 2.55 bits per heavy atom. The SMILES string of the molecule is COCCNC(=O)c1ccc2c(Oc3ccc(C[C@@H](CO)NC[C@H](O)COc4ccccc4)cc3)ccnc2c1. The summed E-state index contributed by atoms with van der Waals surface area (Å²) in [4.78, 5) is 16.8. The molecular formula is C31H35N3O6. The Balaban J connectivity index is 1.30. The van der Waals surface area contributed by atoms with Crippen LogP contribution in [-0.2, 0) is 11.2 Å². The van der Waals surface area contributed by atoms with Crippen molar-refractivity contribution < 1.29 is 29.2 Å². The number of aliphatic hydroxyl groups excluding tert-OH is 2. The van der Waals surface area contributed by atoms with Gasteiger partial charge in [-0.2, -0.15) is 0 Å². The first-order chi connectivity index (χ1) is 19.6. The van der Waals surface area contributed by atoms with Gasteiger partial charge in [-0.25, -0.2) is 0 Å². The number of carbonyl (C=O) groups is 1. The number of fused-ring (bicyclic) bond motifs is 1. The summed E-state index contributed by atoms with van der Waals surface area (Å²) in [5.41, 5.74) is 2.18. The van der Waals surface area contributed by atoms with Gasteiger partial charge in [0, 0.05) is 43.4 Å². The van der Waals surface area contributed by atoms with Gasteiger partial charge in [0.05, 0.1) is 18.7 Å². The van der Waals surface area contributed by atoms with Gasteiger partial charge in [0.2, 0.25) is 0 Å². The molecule has 0 spiro atoms. The number of nitrogens with one attached hydrogen (secondary N) is 2. The standard InChI is InChI=1S/C31H35N3O6/c1-38-16-15-33-31(37)23-9-12-28-29(18-23)32-14-13-30(28)40-27-10-7-22(8-11-27)17-24(20-35)34-19-25(36)21-39-26-5-3-2-4-6-26/h2-14,18,24-25,34-36H,15-17,19-21H2,1H3,(H,33,37)/t24-,25-/m0/s1. The molecule has 4 N–H and O–H groups in total. The number of benzene rings is 3. The Hall–Kier alpha value is -4.02. The minimum atomic E-state index is -0.707. The zero-order chi connectivity index (χ0) is 28.2. The molecule has 0 saturated carbocycles. The van der Waals surface area contributed by atoms with E-state index in [9.17, 15) is 15.0 Å². The van der Waals surface area contributed by atoms with E-state index in [1.165, 1.54) is 0 Å². The summed E-state index contributed by atoms with van der Waals surface area (Å²) in [6.45, 7) is 1.26. The molecule has 0 saturated heterocycles. The maximum Gasteiger partial charge on any atom is 0.251 e. The van der Waals surface area contributed by atoms with Crippen LogP contribution in [0.2, 0.25) is 0 Å². The van der Waals surface area contributed by atoms with Gasteiger partial charge in [-0.3, -0.25) is 9.78 Å². The van der Waals surface area contributed by atoms with Crippen LogP contribution in [0.4, 0.5) is 0 Å². The fraction of sp³-hybridized carbons (Fsp3) is 0.290. The van der Waals surface area contributed by atoms with Crippen LogP contribution in [0.3, 0.4) is 0 Å². The van der Waals surface area contributed by atoms with E-state index in [-0.39, 0.29) is 25.2 Å². The lowest BCUT2D eigenvalue weighted by Gasteiger charge is -2.19. The minimum absolute atomic E-state index is 0.0695. The van der Waals surface area contributed by atoms with Gasteiger partial charge in [0.15, 0.2) is 0 Å². The van der Waals surface area contributed by atoms with Crippen molar-refractivity contribution in [3.63, 3.8) is 0 Å². The Labute approximate surface area is 233 Å². The van der Waals surface area contributed by atoms with E-state index in [2.05, 4.69) is 15.6 Å². The Morgan fingerprint density at radius 1 is 1.00 bits per heavy atom. The van der Waals surface area contributed by atoms with Gasteiger partial charge < -0.3 is 35.1 Å². The van der Waals surface area contributed by atoms with E-state index in [0.717, 1.165) is 10.9 Å². The maximum absolute atomic E-state index is 12.4. The number of aliphatic hydroxyl groups is 2. The number of amides is 1. The van der Waals surface area contributed by atoms with E-state index in [1.54, 1.807) is 31.5 Å². The zero-order valence-electron chi connectivity index (χ0n) is 22.5. The van der Waals surface area contributed by atoms with Crippen molar-refractivity contribution in [2.24, 2.45) is 0 Å². The third-order valence-corrected chi connectivity index (χ3v) is 6.24. The van der Waals surface area contributed by atoms with Crippen molar-refractivity contribution in [3.05, 3.63) is 96.2 Å². The summed E-state index contributed by atoms with van der Waals surface area (Å²) in [7, 11) is 1.59. The number of hydrogen-bond acceptors (Lipinski definition) is 8. The number of methoxy groups -OCH3 is 1. The van der Waals surface area contributed by atoms with Crippen LogP contribution >= 0.6 is 0 Å². The average molecular weight is 546 g/mol. The van der Waals surface area contributed by atoms with Crippen LogP contribution in [0.1, 0.15) is 15.9 Å². The smallest absolute Gasteiger partial charge is 0.251 e. The van der Waals surface area contributed by atoms with E-state index in [0.29, 0.717) is 54.4 Å². The van der Waals surface area contributed by atoms with Gasteiger partial charge >= 0.3 is 0 Å². The largest absolute Gasteiger partial charge is 0.491 e. The zero-order valence-corrected chi connectivity index (χ0v) is 22.5. The number of para-hydroxylation sites is 1. The average Bonchev–Trinajstić information content (AvgIpc) is 2.99. The number of aromatic nitrogens is 1. The molecule has 0 aliphatic carbocycles. The lowest BCUT2D eigenvalue weighted by molar-refractivity contribution is 0.0937. The first-order valence-corrected chi connectivity index (χ1v) is 13.2. The van der Waals surface area contributed by atoms with Crippen LogP contribution in [0.5, 0.6) is 17.2 Å². The lowest BCUT2D eigenvalue weighted by Crippen LogP contribution is -2.41. The molecule has 3 aromatic carbocycles. The van der Waals surface area contributed by atoms with Gasteiger partial charge in [-0.1, -0.05) is 30.3 Å². The van der Waals surface area contributed by atoms with Gasteiger partial charge in [-0.15, -0.1) is 0 Å². The number of rotatable bonds is 15. The molecule has 9 nitrogen and oxygen atoms in total. The van der Waals surface area contributed by atoms with Crippen LogP contribution in [0, 0.1) is 0 Å². The fourth-order valence-corrected chi connectivity index (χ4v) is 4.10. The van der Waals surface area contributed by atoms with Gasteiger partial charge in [0.25, 0.3) is 5.91 Å². The van der Waals surface area contributed by atoms with Crippen LogP contribution < -0.4 is 20.1 Å². The predicted molar refractivity (Wildman–Crippen MR) is 153 cm³/mol. The van der Waals surface area contributed by atoms with Crippen LogP contribution in [-0.4, -0.2) is 73.3 Å². The summed E-state index contributed by atoms with van der Waals surface area (Å²) < 4.78 is 16.7. The summed E-state index contributed by atoms with van der Waals surface area (Å²) in [5, 5.41) is 26.9. The van der Waals surface area contributed by atoms with Crippen molar-refractivity contribution in [1.29, 1.82) is 0 Å². The topological polar surface area (TPSA) is 122 Å². The number of hydrogen-bond donors (Lipinski definition) is 4. The summed E-state index contributed by atoms with van der Waals surface area (Å²) in [6, 6.07) is 23.8. The molecule has 9 heteroatoms. The second-order valence-corrected chi connectivity index (χ2v) is 9.31. The number of carbonyl (C=O) groups excluding carboxylic acids is 1. The molecular weight excluding hydrogens is 510 g/mol. The van der Waals surface area contributed by atoms with Crippen LogP contribution in [0.15, 0.2) is 85.1 Å². The fourth-order valence-electron chi connectivity index (χ4n) is 4.10. The highest BCUT2D eigenvalue weighted by molar-refractivity contribution is 5.98. The lowest BCUT2D eigenvalue weighted by atomic mass is 10.1. The van der Waals surface area contributed by atoms with E-state index in [4.69, 9.17) is 14.2 Å². The molecule has 0 bridgehead atoms. The Morgan fingerprint density at radius 2 is 1.80 bits per heavy atom. The Bertz CT molecular complexity index is 1350. The molecule has 210 valence electrons. The normalized spacial score (nSPS) is 12.6. The minimum Gasteiger partial charge on any atom is -0.491 e. The molecule has 1 aromatic heterocycles. The second kappa shape index (κ2) is 14.9. The quantitative estimate of drug-likeness (QED) is 0.168. The second-order valence-electron chi connectivity index (χ2n) is 9.31. The predicted octanol–water partition coefficient (Wildman–Crippen LogP) is 3.34. The third kappa shape index (κ3) is 8.49. The molecule has 4 rings (SSSR count). The molecule has 0 aliphatic heterocycles. The monoisotopic (exact) mass is 545 g/mol. The van der Waals surface area contributed by atoms with Gasteiger partial charge in [0.1, 0.15) is 30.0 Å². The molecule has 4 aromatic rings. The van der Waals surface area contributed by atoms with Crippen molar-refractivity contribution in [1.82, 2.24) is 15.6 Å². The molecule has 0 fully saturated rings. The van der Waals surface area contributed by atoms with Crippen molar-refractivity contribution >= 4 is 16.8 Å². The third-order valence-electron chi connectivity index (χ3n) is 6.24.